The third-order valence-electron chi connectivity index (χ3n) is 4.46. The van der Waals surface area contributed by atoms with Gasteiger partial charge in [0, 0.05) is 0 Å². The zero-order valence-corrected chi connectivity index (χ0v) is 13.7. The Bertz CT molecular complexity index is 367. The van der Waals surface area contributed by atoms with Crippen molar-refractivity contribution in [1.82, 2.24) is 5.32 Å². The molecule has 0 aromatic carbocycles. The summed E-state index contributed by atoms with van der Waals surface area (Å²) in [6.07, 6.45) is 4.10. The SMILES string of the molecule is CC(C)CNCC1CCC(C)(C)CC1c1ccsc1. The van der Waals surface area contributed by atoms with E-state index in [0.29, 0.717) is 5.41 Å². The van der Waals surface area contributed by atoms with E-state index in [1.54, 1.807) is 5.56 Å². The predicted molar refractivity (Wildman–Crippen MR) is 85.9 cm³/mol. The molecule has 0 radical (unpaired) electrons. The van der Waals surface area contributed by atoms with Crippen molar-refractivity contribution in [3.05, 3.63) is 22.4 Å². The summed E-state index contributed by atoms with van der Waals surface area (Å²) < 4.78 is 0. The number of nitrogens with one attached hydrogen (secondary N) is 1. The molecule has 1 nitrogen and oxygen atoms in total. The first kappa shape index (κ1) is 15.1. The molecule has 19 heavy (non-hydrogen) atoms. The maximum atomic E-state index is 3.68. The quantitative estimate of drug-likeness (QED) is 0.808. The fourth-order valence-electron chi connectivity index (χ4n) is 3.32. The van der Waals surface area contributed by atoms with Gasteiger partial charge in [-0.25, -0.2) is 0 Å². The second-order valence-corrected chi connectivity index (χ2v) is 8.16. The highest BCUT2D eigenvalue weighted by Crippen LogP contribution is 2.46. The van der Waals surface area contributed by atoms with Gasteiger partial charge in [-0.1, -0.05) is 27.7 Å². The van der Waals surface area contributed by atoms with Gasteiger partial charge in [-0.05, 0) is 77.9 Å². The third-order valence-corrected chi connectivity index (χ3v) is 5.17. The number of thiophene rings is 1. The van der Waals surface area contributed by atoms with Crippen LogP contribution < -0.4 is 5.32 Å². The minimum atomic E-state index is 0.515. The molecule has 1 heterocycles. The molecule has 1 aromatic heterocycles. The van der Waals surface area contributed by atoms with Gasteiger partial charge in [0.05, 0.1) is 0 Å². The van der Waals surface area contributed by atoms with E-state index in [-0.39, 0.29) is 0 Å². The van der Waals surface area contributed by atoms with Crippen LogP contribution in [0.25, 0.3) is 0 Å². The van der Waals surface area contributed by atoms with Crippen LogP contribution in [0.4, 0.5) is 0 Å². The zero-order valence-electron chi connectivity index (χ0n) is 12.9. The fourth-order valence-corrected chi connectivity index (χ4v) is 4.04. The lowest BCUT2D eigenvalue weighted by atomic mass is 9.65. The molecule has 0 bridgehead atoms. The summed E-state index contributed by atoms with van der Waals surface area (Å²) in [5.41, 5.74) is 2.09. The molecule has 1 N–H and O–H groups in total. The van der Waals surface area contributed by atoms with Crippen molar-refractivity contribution < 1.29 is 0 Å². The molecule has 0 saturated heterocycles. The van der Waals surface area contributed by atoms with Gasteiger partial charge in [-0.3, -0.25) is 0 Å². The van der Waals surface area contributed by atoms with Crippen LogP contribution in [-0.4, -0.2) is 13.1 Å². The van der Waals surface area contributed by atoms with Crippen LogP contribution in [-0.2, 0) is 0 Å². The maximum Gasteiger partial charge on any atom is -0.00145 e. The van der Waals surface area contributed by atoms with E-state index < -0.39 is 0 Å². The molecule has 0 aliphatic heterocycles. The van der Waals surface area contributed by atoms with Crippen molar-refractivity contribution in [2.75, 3.05) is 13.1 Å². The van der Waals surface area contributed by atoms with Crippen molar-refractivity contribution in [2.45, 2.75) is 52.9 Å². The molecule has 1 aromatic rings. The van der Waals surface area contributed by atoms with Gasteiger partial charge in [-0.2, -0.15) is 11.3 Å². The Morgan fingerprint density at radius 3 is 2.84 bits per heavy atom. The first-order valence-corrected chi connectivity index (χ1v) is 8.65. The summed E-state index contributed by atoms with van der Waals surface area (Å²) in [7, 11) is 0. The highest BCUT2D eigenvalue weighted by atomic mass is 32.1. The van der Waals surface area contributed by atoms with Crippen LogP contribution in [0.2, 0.25) is 0 Å². The summed E-state index contributed by atoms with van der Waals surface area (Å²) in [6, 6.07) is 2.34. The first-order chi connectivity index (χ1) is 8.98. The molecule has 2 atom stereocenters. The van der Waals surface area contributed by atoms with E-state index in [1.807, 2.05) is 11.3 Å². The van der Waals surface area contributed by atoms with Crippen LogP contribution in [0, 0.1) is 17.3 Å². The molecule has 0 spiro atoms. The number of hydrogen-bond donors (Lipinski definition) is 1. The summed E-state index contributed by atoms with van der Waals surface area (Å²) >= 11 is 1.84. The lowest BCUT2D eigenvalue weighted by Crippen LogP contribution is -2.35. The maximum absolute atomic E-state index is 3.68. The average Bonchev–Trinajstić information content (AvgIpc) is 2.83. The Labute approximate surface area is 122 Å². The molecule has 2 unspecified atom stereocenters. The molecule has 108 valence electrons. The molecular weight excluding hydrogens is 250 g/mol. The average molecular weight is 279 g/mol. The minimum Gasteiger partial charge on any atom is -0.316 e. The van der Waals surface area contributed by atoms with Crippen LogP contribution in [0.5, 0.6) is 0 Å². The van der Waals surface area contributed by atoms with Crippen LogP contribution >= 0.6 is 11.3 Å². The number of rotatable bonds is 5. The second kappa shape index (κ2) is 6.41. The normalized spacial score (nSPS) is 26.8. The highest BCUT2D eigenvalue weighted by Gasteiger charge is 2.35. The smallest absolute Gasteiger partial charge is 0.00145 e. The summed E-state index contributed by atoms with van der Waals surface area (Å²) in [4.78, 5) is 0. The van der Waals surface area contributed by atoms with Crippen molar-refractivity contribution >= 4 is 11.3 Å². The third kappa shape index (κ3) is 4.32. The zero-order chi connectivity index (χ0) is 13.9. The van der Waals surface area contributed by atoms with E-state index in [4.69, 9.17) is 0 Å². The van der Waals surface area contributed by atoms with E-state index in [2.05, 4.69) is 49.8 Å². The summed E-state index contributed by atoms with van der Waals surface area (Å²) in [6.45, 7) is 11.8. The number of hydrogen-bond acceptors (Lipinski definition) is 2. The monoisotopic (exact) mass is 279 g/mol. The highest BCUT2D eigenvalue weighted by molar-refractivity contribution is 7.07. The molecule has 2 rings (SSSR count). The molecule has 1 aliphatic rings. The predicted octanol–water partition coefficient (Wildman–Crippen LogP) is 4.90. The molecule has 1 aliphatic carbocycles. The van der Waals surface area contributed by atoms with Gasteiger partial charge in [0.1, 0.15) is 0 Å². The van der Waals surface area contributed by atoms with Gasteiger partial charge >= 0.3 is 0 Å². The minimum absolute atomic E-state index is 0.515. The summed E-state index contributed by atoms with van der Waals surface area (Å²) in [5.74, 6) is 2.33. The molecular formula is C17H29NS. The van der Waals surface area contributed by atoms with E-state index in [0.717, 1.165) is 24.3 Å². The van der Waals surface area contributed by atoms with Gasteiger partial charge in [-0.15, -0.1) is 0 Å². The van der Waals surface area contributed by atoms with Crippen molar-refractivity contribution in [3.63, 3.8) is 0 Å². The van der Waals surface area contributed by atoms with Gasteiger partial charge < -0.3 is 5.32 Å². The molecule has 1 fully saturated rings. The molecule has 0 amide bonds. The van der Waals surface area contributed by atoms with E-state index in [1.165, 1.54) is 25.8 Å². The van der Waals surface area contributed by atoms with Gasteiger partial charge in [0.25, 0.3) is 0 Å². The van der Waals surface area contributed by atoms with Gasteiger partial charge in [0.15, 0.2) is 0 Å². The van der Waals surface area contributed by atoms with E-state index in [9.17, 15) is 0 Å². The Hall–Kier alpha value is -0.340. The van der Waals surface area contributed by atoms with Crippen LogP contribution in [0.15, 0.2) is 16.8 Å². The van der Waals surface area contributed by atoms with Crippen molar-refractivity contribution in [3.8, 4) is 0 Å². The lowest BCUT2D eigenvalue weighted by molar-refractivity contribution is 0.159. The molecule has 2 heteroatoms. The Kier molecular flexibility index (Phi) is 5.08. The van der Waals surface area contributed by atoms with Crippen LogP contribution in [0.1, 0.15) is 58.4 Å². The fraction of sp³-hybridized carbons (Fsp3) is 0.765. The van der Waals surface area contributed by atoms with Crippen molar-refractivity contribution in [1.29, 1.82) is 0 Å². The summed E-state index contributed by atoms with van der Waals surface area (Å²) in [5, 5.41) is 8.27. The van der Waals surface area contributed by atoms with Gasteiger partial charge in [0.2, 0.25) is 0 Å². The molecule has 1 saturated carbocycles. The van der Waals surface area contributed by atoms with E-state index >= 15 is 0 Å². The Balaban J connectivity index is 1.99. The lowest BCUT2D eigenvalue weighted by Gasteiger charge is -2.41. The Morgan fingerprint density at radius 2 is 2.21 bits per heavy atom. The largest absolute Gasteiger partial charge is 0.316 e. The second-order valence-electron chi connectivity index (χ2n) is 7.38. The standard InChI is InChI=1S/C17H29NS/c1-13(2)10-18-11-14-5-7-17(3,4)9-16(14)15-6-8-19-12-15/h6,8,12-14,16,18H,5,7,9-11H2,1-4H3. The Morgan fingerprint density at radius 1 is 1.42 bits per heavy atom. The van der Waals surface area contributed by atoms with Crippen molar-refractivity contribution in [2.24, 2.45) is 17.3 Å². The first-order valence-electron chi connectivity index (χ1n) is 7.71. The van der Waals surface area contributed by atoms with Crippen LogP contribution in [0.3, 0.4) is 0 Å². The topological polar surface area (TPSA) is 12.0 Å².